The van der Waals surface area contributed by atoms with E-state index in [4.69, 9.17) is 4.74 Å². The number of ether oxygens (including phenoxy) is 1. The molecule has 0 saturated carbocycles. The summed E-state index contributed by atoms with van der Waals surface area (Å²) >= 11 is 0. The number of Topliss-reactive ketones (excluding diaryl/α,β-unsaturated/α-hetero) is 1. The first-order chi connectivity index (χ1) is 21.4. The van der Waals surface area contributed by atoms with Gasteiger partial charge < -0.3 is 35.2 Å². The number of methoxy groups -OCH3 is 1. The maximum absolute atomic E-state index is 14.0. The molecule has 10 nitrogen and oxygen atoms in total. The van der Waals surface area contributed by atoms with Gasteiger partial charge in [0.05, 0.1) is 24.2 Å². The lowest BCUT2D eigenvalue weighted by atomic mass is 9.84. The molecule has 45 heavy (non-hydrogen) atoms. The average Bonchev–Trinajstić information content (AvgIpc) is 3.75. The lowest BCUT2D eigenvalue weighted by Crippen LogP contribution is -2.25. The van der Waals surface area contributed by atoms with Crippen molar-refractivity contribution >= 4 is 53.4 Å². The summed E-state index contributed by atoms with van der Waals surface area (Å²) in [5.41, 5.74) is 8.22. The van der Waals surface area contributed by atoms with E-state index in [9.17, 15) is 24.6 Å². The van der Waals surface area contributed by atoms with E-state index in [1.807, 2.05) is 39.8 Å². The smallest absolute Gasteiger partial charge is 0.321 e. The molecule has 0 unspecified atom stereocenters. The van der Waals surface area contributed by atoms with E-state index in [0.29, 0.717) is 45.2 Å². The number of carboxylic acids is 1. The van der Waals surface area contributed by atoms with Gasteiger partial charge in [0.25, 0.3) is 0 Å². The molecule has 2 aliphatic heterocycles. The Morgan fingerprint density at radius 2 is 1.60 bits per heavy atom. The van der Waals surface area contributed by atoms with Gasteiger partial charge in [-0.05, 0) is 56.0 Å². The second-order valence-electron chi connectivity index (χ2n) is 11.9. The van der Waals surface area contributed by atoms with Crippen molar-refractivity contribution in [3.8, 4) is 0 Å². The van der Waals surface area contributed by atoms with E-state index in [1.54, 1.807) is 12.2 Å². The van der Waals surface area contributed by atoms with Crippen LogP contribution in [0, 0.1) is 38.5 Å². The number of fused-ring (bicyclic) bond motifs is 7. The first-order valence-electron chi connectivity index (χ1n) is 14.8. The quantitative estimate of drug-likeness (QED) is 0.181. The standard InChI is InChI=1S/C35H36N4O6/c1-8-18-14(3)21-12-24-19(9-2)15(4)29(38-24)34(43)30-16(5)20(10-11-25(40)41)31(39-30)27-28(35(44)45-7)33(42)26-17(6)22(37-32(26)27)13-23(18)36-21/h8-9,12-13,16,20,28,36-39,43H,1-2,10-11H2,3-7H3,(H,40,41)/b21-12-,23-13-,31-27-,34-30+/t16-,20-,28+/m0/s1. The van der Waals surface area contributed by atoms with Crippen LogP contribution in [-0.2, 0) is 14.3 Å². The largest absolute Gasteiger partial charge is 0.504 e. The van der Waals surface area contributed by atoms with Gasteiger partial charge in [-0.3, -0.25) is 14.4 Å². The van der Waals surface area contributed by atoms with E-state index in [-0.39, 0.29) is 24.5 Å². The number of carbonyl (C=O) groups excluding carboxylic acids is 2. The minimum atomic E-state index is -1.25. The Hall–Kier alpha value is -5.25. The van der Waals surface area contributed by atoms with Gasteiger partial charge in [0, 0.05) is 68.3 Å². The van der Waals surface area contributed by atoms with E-state index >= 15 is 0 Å². The summed E-state index contributed by atoms with van der Waals surface area (Å²) in [7, 11) is 1.24. The van der Waals surface area contributed by atoms with Gasteiger partial charge in [-0.1, -0.05) is 32.2 Å². The summed E-state index contributed by atoms with van der Waals surface area (Å²) in [5, 5.41) is 26.4. The first kappa shape index (κ1) is 29.8. The number of aliphatic hydroxyl groups is 1. The molecule has 3 aliphatic rings. The number of hydrogen-bond acceptors (Lipinski definition) is 6. The summed E-state index contributed by atoms with van der Waals surface area (Å²) in [4.78, 5) is 49.3. The first-order valence-corrected chi connectivity index (χ1v) is 14.8. The molecule has 10 heteroatoms. The number of aliphatic hydroxyl groups excluding tert-OH is 1. The van der Waals surface area contributed by atoms with E-state index in [0.717, 1.165) is 38.6 Å². The Bertz CT molecular complexity index is 2050. The topological polar surface area (TPSA) is 160 Å². The zero-order valence-electron chi connectivity index (χ0n) is 25.9. The van der Waals surface area contributed by atoms with Gasteiger partial charge in [-0.25, -0.2) is 0 Å². The number of carbonyl (C=O) groups is 3. The number of H-pyrrole nitrogens is 3. The highest BCUT2D eigenvalue weighted by Gasteiger charge is 2.49. The van der Waals surface area contributed by atoms with Crippen molar-refractivity contribution < 1.29 is 29.3 Å². The van der Waals surface area contributed by atoms with Crippen molar-refractivity contribution in [3.05, 3.63) is 91.4 Å². The van der Waals surface area contributed by atoms with Crippen LogP contribution < -0.4 is 16.0 Å². The van der Waals surface area contributed by atoms with Crippen molar-refractivity contribution in [3.63, 3.8) is 0 Å². The van der Waals surface area contributed by atoms with Crippen LogP contribution in [0.15, 0.2) is 24.6 Å². The highest BCUT2D eigenvalue weighted by molar-refractivity contribution is 6.24. The fraction of sp³-hybridized carbons (Fsp3) is 0.286. The summed E-state index contributed by atoms with van der Waals surface area (Å²) in [6.45, 7) is 15.6. The van der Waals surface area contributed by atoms with Crippen LogP contribution in [0.25, 0.3) is 35.6 Å². The van der Waals surface area contributed by atoms with Gasteiger partial charge in [-0.2, -0.15) is 0 Å². The third-order valence-corrected chi connectivity index (χ3v) is 9.62. The summed E-state index contributed by atoms with van der Waals surface area (Å²) < 4.78 is 5.12. The van der Waals surface area contributed by atoms with Crippen molar-refractivity contribution in [2.45, 2.75) is 40.5 Å². The number of aromatic nitrogens is 3. The van der Waals surface area contributed by atoms with Crippen LogP contribution in [0.3, 0.4) is 0 Å². The molecule has 6 rings (SSSR count). The molecule has 6 N–H and O–H groups in total. The van der Waals surface area contributed by atoms with Crippen LogP contribution >= 0.6 is 0 Å². The predicted octanol–water partition coefficient (Wildman–Crippen LogP) is 4.20. The third kappa shape index (κ3) is 4.34. The summed E-state index contributed by atoms with van der Waals surface area (Å²) in [6.07, 6.45) is 7.46. The molecule has 0 amide bonds. The Balaban J connectivity index is 1.77. The van der Waals surface area contributed by atoms with Gasteiger partial charge >= 0.3 is 11.9 Å². The number of rotatable bonds is 6. The number of hydrogen-bond donors (Lipinski definition) is 6. The monoisotopic (exact) mass is 608 g/mol. The van der Waals surface area contributed by atoms with Crippen molar-refractivity contribution in [2.24, 2.45) is 17.8 Å². The Morgan fingerprint density at radius 1 is 0.933 bits per heavy atom. The number of nitrogens with one attached hydrogen (secondary N) is 4. The van der Waals surface area contributed by atoms with Crippen molar-refractivity contribution in [1.82, 2.24) is 20.3 Å². The van der Waals surface area contributed by atoms with Crippen molar-refractivity contribution in [2.75, 3.05) is 7.11 Å². The minimum absolute atomic E-state index is 0.0442. The van der Waals surface area contributed by atoms with Gasteiger partial charge in [-0.15, -0.1) is 0 Å². The lowest BCUT2D eigenvalue weighted by molar-refractivity contribution is -0.142. The summed E-state index contributed by atoms with van der Waals surface area (Å²) in [6, 6.07) is 0. The van der Waals surface area contributed by atoms with Crippen LogP contribution in [0.1, 0.15) is 80.7 Å². The van der Waals surface area contributed by atoms with Gasteiger partial charge in [0.2, 0.25) is 0 Å². The molecule has 3 aromatic heterocycles. The fourth-order valence-corrected chi connectivity index (χ4v) is 7.18. The number of aromatic amines is 3. The molecule has 8 bridgehead atoms. The maximum Gasteiger partial charge on any atom is 0.321 e. The maximum atomic E-state index is 14.0. The second-order valence-corrected chi connectivity index (χ2v) is 11.9. The van der Waals surface area contributed by atoms with E-state index in [1.165, 1.54) is 7.11 Å². The number of allylic oxidation sites excluding steroid dienone is 2. The number of ketones is 1. The molecule has 232 valence electrons. The Kier molecular flexibility index (Phi) is 7.10. The van der Waals surface area contributed by atoms with Crippen LogP contribution in [-0.4, -0.2) is 50.0 Å². The molecular formula is C35H36N4O6. The van der Waals surface area contributed by atoms with Crippen LogP contribution in [0.2, 0.25) is 0 Å². The molecule has 0 spiro atoms. The zero-order valence-corrected chi connectivity index (χ0v) is 25.9. The van der Waals surface area contributed by atoms with E-state index in [2.05, 4.69) is 33.4 Å². The average molecular weight is 609 g/mol. The molecule has 3 aromatic rings. The van der Waals surface area contributed by atoms with Gasteiger partial charge in [0.1, 0.15) is 5.92 Å². The zero-order chi connectivity index (χ0) is 32.5. The third-order valence-electron chi connectivity index (χ3n) is 9.62. The molecule has 1 fully saturated rings. The highest BCUT2D eigenvalue weighted by atomic mass is 16.5. The van der Waals surface area contributed by atoms with E-state index < -0.39 is 29.6 Å². The Labute approximate surface area is 259 Å². The molecule has 1 aliphatic carbocycles. The number of esters is 1. The SMILES string of the molecule is C=Cc1c2[nH]c(c1C)/C(O)=C1\N/C(=C3\c4[nH]c(c(C)c4C(=O)[C@@H]3C(=O)OC)/C=c3\[nH]/c(c(C)c3C=C)=C\2)[C@@H](CCC(=O)O)[C@@H]1C. The molecular weight excluding hydrogens is 572 g/mol. The molecule has 1 saturated heterocycles. The molecule has 3 atom stereocenters. The fourth-order valence-electron chi connectivity index (χ4n) is 7.18. The van der Waals surface area contributed by atoms with Crippen molar-refractivity contribution in [1.29, 1.82) is 0 Å². The normalized spacial score (nSPS) is 24.8. The molecule has 0 radical (unpaired) electrons. The number of carboxylic acid groups (broad SMARTS) is 1. The van der Waals surface area contributed by atoms with Crippen LogP contribution in [0.4, 0.5) is 0 Å². The number of aliphatic carboxylic acids is 1. The highest BCUT2D eigenvalue weighted by Crippen LogP contribution is 2.49. The van der Waals surface area contributed by atoms with Crippen LogP contribution in [0.5, 0.6) is 0 Å². The molecule has 0 aromatic carbocycles. The Morgan fingerprint density at radius 3 is 2.24 bits per heavy atom. The lowest BCUT2D eigenvalue weighted by Gasteiger charge is -2.19. The minimum Gasteiger partial charge on any atom is -0.504 e. The van der Waals surface area contributed by atoms with Gasteiger partial charge in [0.15, 0.2) is 11.5 Å². The molecule has 5 heterocycles. The predicted molar refractivity (Wildman–Crippen MR) is 172 cm³/mol. The summed E-state index contributed by atoms with van der Waals surface area (Å²) in [5.74, 6) is -4.22. The second kappa shape index (κ2) is 10.7.